The van der Waals surface area contributed by atoms with E-state index in [0.29, 0.717) is 29.5 Å². The van der Waals surface area contributed by atoms with E-state index in [0.717, 1.165) is 28.8 Å². The number of sulfonamides is 1. The number of fused-ring (bicyclic) bond motifs is 3. The molecule has 1 aliphatic carbocycles. The molecule has 0 bridgehead atoms. The Morgan fingerprint density at radius 3 is 2.39 bits per heavy atom. The Hall–Kier alpha value is -5.03. The molecule has 4 aromatic carbocycles. The monoisotopic (exact) mass is 613 g/mol. The largest absolute Gasteiger partial charge is 0.497 e. The van der Waals surface area contributed by atoms with Gasteiger partial charge in [0, 0.05) is 29.8 Å². The van der Waals surface area contributed by atoms with Gasteiger partial charge in [-0.1, -0.05) is 24.3 Å². The lowest BCUT2D eigenvalue weighted by molar-refractivity contribution is -0.384. The topological polar surface area (TPSA) is 129 Å². The van der Waals surface area contributed by atoms with E-state index in [-0.39, 0.29) is 28.5 Å². The van der Waals surface area contributed by atoms with Crippen LogP contribution in [0.25, 0.3) is 0 Å². The van der Waals surface area contributed by atoms with Crippen molar-refractivity contribution < 1.29 is 27.6 Å². The molecule has 0 unspecified atom stereocenters. The van der Waals surface area contributed by atoms with Crippen LogP contribution in [0.15, 0.2) is 102 Å². The third kappa shape index (κ3) is 5.78. The van der Waals surface area contributed by atoms with Crippen molar-refractivity contribution in [3.8, 4) is 17.2 Å². The molecule has 4 aromatic rings. The van der Waals surface area contributed by atoms with E-state index < -0.39 is 14.9 Å². The average Bonchev–Trinajstić information content (AvgIpc) is 3.54. The second kappa shape index (κ2) is 11.9. The van der Waals surface area contributed by atoms with Crippen LogP contribution in [0.2, 0.25) is 0 Å². The summed E-state index contributed by atoms with van der Waals surface area (Å²) in [7, 11) is -0.919. The molecule has 2 N–H and O–H groups in total. The Morgan fingerprint density at radius 1 is 0.932 bits per heavy atom. The number of hydrogen-bond acceptors (Lipinski definition) is 8. The second-order valence-electron chi connectivity index (χ2n) is 10.7. The highest BCUT2D eigenvalue weighted by Crippen LogP contribution is 2.50. The average molecular weight is 614 g/mol. The summed E-state index contributed by atoms with van der Waals surface area (Å²) in [6.45, 7) is 0.297. The van der Waals surface area contributed by atoms with Gasteiger partial charge in [0.25, 0.3) is 15.7 Å². The first-order chi connectivity index (χ1) is 21.3. The minimum Gasteiger partial charge on any atom is -0.497 e. The Bertz CT molecular complexity index is 1820. The van der Waals surface area contributed by atoms with Gasteiger partial charge in [-0.2, -0.15) is 0 Å². The number of nitrogens with zero attached hydrogens (tertiary/aromatic N) is 1. The molecule has 0 aromatic heterocycles. The molecule has 0 radical (unpaired) electrons. The Morgan fingerprint density at radius 2 is 1.68 bits per heavy atom. The zero-order chi connectivity index (χ0) is 30.8. The first-order valence-corrected chi connectivity index (χ1v) is 15.5. The van der Waals surface area contributed by atoms with E-state index in [1.807, 2.05) is 30.3 Å². The molecule has 6 rings (SSSR count). The molecule has 0 saturated heterocycles. The molecule has 226 valence electrons. The number of hydrogen-bond donors (Lipinski definition) is 2. The third-order valence-electron chi connectivity index (χ3n) is 8.09. The van der Waals surface area contributed by atoms with Crippen LogP contribution in [-0.2, 0) is 16.6 Å². The number of nitro benzene ring substituents is 1. The predicted molar refractivity (Wildman–Crippen MR) is 167 cm³/mol. The molecule has 44 heavy (non-hydrogen) atoms. The van der Waals surface area contributed by atoms with Crippen LogP contribution in [0, 0.1) is 16.0 Å². The molecule has 10 nitrogen and oxygen atoms in total. The normalized spacial score (nSPS) is 18.5. The summed E-state index contributed by atoms with van der Waals surface area (Å²) in [4.78, 5) is 10.6. The second-order valence-corrected chi connectivity index (χ2v) is 12.4. The van der Waals surface area contributed by atoms with Crippen LogP contribution in [0.3, 0.4) is 0 Å². The first kappa shape index (κ1) is 29.1. The number of allylic oxidation sites excluding steroid dienone is 2. The SMILES string of the molecule is COc1ccc(OC)c(NS(=O)(=O)c2ccc3c(c2)[C@H]2C=CC[C@H]2[C@@H](c2ccc(OCc4ccc([N+](=O)[O-])cc4)cc2)N3)c1. The molecule has 3 atom stereocenters. The molecule has 0 spiro atoms. The summed E-state index contributed by atoms with van der Waals surface area (Å²) in [6, 6.07) is 24.3. The number of benzene rings is 4. The minimum absolute atomic E-state index is 0.0212. The number of non-ortho nitro benzene ring substituents is 1. The molecule has 2 aliphatic rings. The zero-order valence-electron chi connectivity index (χ0n) is 24.1. The van der Waals surface area contributed by atoms with Crippen LogP contribution in [-0.4, -0.2) is 27.6 Å². The van der Waals surface area contributed by atoms with Gasteiger partial charge in [-0.05, 0) is 83.6 Å². The molecule has 11 heteroatoms. The summed E-state index contributed by atoms with van der Waals surface area (Å²) >= 11 is 0. The van der Waals surface area contributed by atoms with E-state index in [9.17, 15) is 18.5 Å². The third-order valence-corrected chi connectivity index (χ3v) is 9.45. The first-order valence-electron chi connectivity index (χ1n) is 14.0. The van der Waals surface area contributed by atoms with Gasteiger partial charge < -0.3 is 19.5 Å². The van der Waals surface area contributed by atoms with Gasteiger partial charge in [0.05, 0.1) is 35.8 Å². The van der Waals surface area contributed by atoms with Crippen LogP contribution in [0.1, 0.15) is 35.1 Å². The molecule has 0 saturated carbocycles. The zero-order valence-corrected chi connectivity index (χ0v) is 24.9. The van der Waals surface area contributed by atoms with E-state index in [1.54, 1.807) is 42.5 Å². The van der Waals surface area contributed by atoms with Crippen molar-refractivity contribution in [2.75, 3.05) is 24.3 Å². The Balaban J connectivity index is 1.19. The van der Waals surface area contributed by atoms with Gasteiger partial charge in [0.15, 0.2) is 0 Å². The number of nitro groups is 1. The fourth-order valence-electron chi connectivity index (χ4n) is 5.82. The van der Waals surface area contributed by atoms with Crippen molar-refractivity contribution in [2.24, 2.45) is 5.92 Å². The van der Waals surface area contributed by atoms with Crippen LogP contribution >= 0.6 is 0 Å². The number of nitrogens with one attached hydrogen (secondary N) is 2. The van der Waals surface area contributed by atoms with Crippen molar-refractivity contribution in [3.05, 3.63) is 124 Å². The molecule has 1 heterocycles. The maximum atomic E-state index is 13.5. The number of anilines is 2. The van der Waals surface area contributed by atoms with E-state index in [4.69, 9.17) is 14.2 Å². The van der Waals surface area contributed by atoms with Crippen molar-refractivity contribution in [1.82, 2.24) is 0 Å². The standard InChI is InChI=1S/C33H31N3O7S/c1-41-25-14-17-32(42-2)31(18-25)35-44(39,40)26-15-16-30-29(19-26)27-4-3-5-28(27)33(34-30)22-8-12-24(13-9-22)43-20-21-6-10-23(11-7-21)36(37)38/h3-4,6-19,27-28,33-35H,5,20H2,1-2H3/t27-,28+,33+/m0/s1. The molecule has 1 aliphatic heterocycles. The van der Waals surface area contributed by atoms with Gasteiger partial charge in [-0.25, -0.2) is 8.42 Å². The quantitative estimate of drug-likeness (QED) is 0.113. The Kier molecular flexibility index (Phi) is 7.88. The highest BCUT2D eigenvalue weighted by Gasteiger charge is 2.38. The van der Waals surface area contributed by atoms with Crippen molar-refractivity contribution >= 4 is 27.1 Å². The lowest BCUT2D eigenvalue weighted by atomic mass is 9.77. The summed E-state index contributed by atoms with van der Waals surface area (Å²) in [5.41, 5.74) is 4.09. The minimum atomic E-state index is -3.92. The molecule has 0 fully saturated rings. The smallest absolute Gasteiger partial charge is 0.269 e. The molecular weight excluding hydrogens is 582 g/mol. The van der Waals surface area contributed by atoms with Gasteiger partial charge in [-0.15, -0.1) is 0 Å². The van der Waals surface area contributed by atoms with Crippen LogP contribution in [0.4, 0.5) is 17.1 Å². The van der Waals surface area contributed by atoms with Crippen LogP contribution in [0.5, 0.6) is 17.2 Å². The summed E-state index contributed by atoms with van der Waals surface area (Å²) in [5.74, 6) is 1.85. The fraction of sp³-hybridized carbons (Fsp3) is 0.212. The number of ether oxygens (including phenoxy) is 3. The number of rotatable bonds is 10. The number of methoxy groups -OCH3 is 2. The lowest BCUT2D eigenvalue weighted by Gasteiger charge is -2.37. The highest BCUT2D eigenvalue weighted by atomic mass is 32.2. The maximum Gasteiger partial charge on any atom is 0.269 e. The van der Waals surface area contributed by atoms with Crippen LogP contribution < -0.4 is 24.2 Å². The van der Waals surface area contributed by atoms with Gasteiger partial charge in [0.2, 0.25) is 0 Å². The van der Waals surface area contributed by atoms with Gasteiger partial charge in [0.1, 0.15) is 23.9 Å². The van der Waals surface area contributed by atoms with E-state index >= 15 is 0 Å². The van der Waals surface area contributed by atoms with E-state index in [1.165, 1.54) is 26.4 Å². The van der Waals surface area contributed by atoms with Gasteiger partial charge >= 0.3 is 0 Å². The summed E-state index contributed by atoms with van der Waals surface area (Å²) < 4.78 is 46.1. The van der Waals surface area contributed by atoms with Gasteiger partial charge in [-0.3, -0.25) is 14.8 Å². The lowest BCUT2D eigenvalue weighted by Crippen LogP contribution is -2.29. The van der Waals surface area contributed by atoms with Crippen molar-refractivity contribution in [2.45, 2.75) is 29.9 Å². The maximum absolute atomic E-state index is 13.5. The van der Waals surface area contributed by atoms with E-state index in [2.05, 4.69) is 22.2 Å². The molecular formula is C33H31N3O7S. The predicted octanol–water partition coefficient (Wildman–Crippen LogP) is 6.82. The van der Waals surface area contributed by atoms with Crippen molar-refractivity contribution in [3.63, 3.8) is 0 Å². The molecule has 0 amide bonds. The summed E-state index contributed by atoms with van der Waals surface area (Å²) in [6.07, 6.45) is 5.17. The highest BCUT2D eigenvalue weighted by molar-refractivity contribution is 7.92. The van der Waals surface area contributed by atoms with Crippen molar-refractivity contribution in [1.29, 1.82) is 0 Å². The fourth-order valence-corrected chi connectivity index (χ4v) is 6.92. The Labute approximate surface area is 255 Å². The summed E-state index contributed by atoms with van der Waals surface area (Å²) in [5, 5.41) is 14.5.